The smallest absolute Gasteiger partial charge is 0.246 e. The molecule has 1 aromatic rings. The monoisotopic (exact) mass is 231 g/mol. The highest BCUT2D eigenvalue weighted by Gasteiger charge is 2.30. The Morgan fingerprint density at radius 3 is 3.00 bits per heavy atom. The largest absolute Gasteiger partial charge is 0.496 e. The molecule has 1 aliphatic rings. The van der Waals surface area contributed by atoms with Gasteiger partial charge in [-0.3, -0.25) is 4.79 Å². The molecule has 1 unspecified atom stereocenters. The lowest BCUT2D eigenvalue weighted by molar-refractivity contribution is -0.126. The molecule has 0 aliphatic carbocycles. The van der Waals surface area contributed by atoms with Crippen LogP contribution >= 0.6 is 0 Å². The molecule has 3 heteroatoms. The Bertz CT molecular complexity index is 428. The molecule has 0 saturated carbocycles. The lowest BCUT2D eigenvalue weighted by Gasteiger charge is -2.25. The Balaban J connectivity index is 2.32. The van der Waals surface area contributed by atoms with Gasteiger partial charge < -0.3 is 9.64 Å². The van der Waals surface area contributed by atoms with Gasteiger partial charge in [0.15, 0.2) is 0 Å². The van der Waals surface area contributed by atoms with Crippen molar-refractivity contribution in [3.05, 3.63) is 42.5 Å². The molecule has 1 amide bonds. The van der Waals surface area contributed by atoms with Gasteiger partial charge in [-0.1, -0.05) is 24.8 Å². The highest BCUT2D eigenvalue weighted by atomic mass is 16.5. The summed E-state index contributed by atoms with van der Waals surface area (Å²) in [5, 5.41) is 0. The average molecular weight is 231 g/mol. The Hall–Kier alpha value is -1.77. The zero-order valence-corrected chi connectivity index (χ0v) is 10.1. The third kappa shape index (κ3) is 2.18. The van der Waals surface area contributed by atoms with Gasteiger partial charge in [-0.05, 0) is 25.0 Å². The molecule has 0 radical (unpaired) electrons. The maximum absolute atomic E-state index is 11.8. The molecule has 3 nitrogen and oxygen atoms in total. The van der Waals surface area contributed by atoms with Crippen molar-refractivity contribution >= 4 is 5.91 Å². The highest BCUT2D eigenvalue weighted by molar-refractivity contribution is 5.87. The van der Waals surface area contributed by atoms with Gasteiger partial charge in [0.25, 0.3) is 0 Å². The van der Waals surface area contributed by atoms with E-state index in [0.29, 0.717) is 0 Å². The SMILES string of the molecule is C=CC(=O)N1CCCC1c1ccccc1OC. The molecule has 1 heterocycles. The van der Waals surface area contributed by atoms with E-state index in [-0.39, 0.29) is 11.9 Å². The number of ether oxygens (including phenoxy) is 1. The minimum atomic E-state index is -0.00148. The second-order valence-corrected chi connectivity index (χ2v) is 4.14. The molecule has 17 heavy (non-hydrogen) atoms. The van der Waals surface area contributed by atoms with Crippen LogP contribution in [-0.2, 0) is 4.79 Å². The van der Waals surface area contributed by atoms with Crippen molar-refractivity contribution in [2.24, 2.45) is 0 Å². The summed E-state index contributed by atoms with van der Waals surface area (Å²) in [5.41, 5.74) is 1.09. The van der Waals surface area contributed by atoms with E-state index in [2.05, 4.69) is 6.58 Å². The molecule has 0 aromatic heterocycles. The van der Waals surface area contributed by atoms with Crippen LogP contribution < -0.4 is 4.74 Å². The number of carbonyl (C=O) groups is 1. The summed E-state index contributed by atoms with van der Waals surface area (Å²) in [6, 6.07) is 8.00. The highest BCUT2D eigenvalue weighted by Crippen LogP contribution is 2.36. The van der Waals surface area contributed by atoms with Crippen molar-refractivity contribution in [1.29, 1.82) is 0 Å². The van der Waals surface area contributed by atoms with Gasteiger partial charge in [0.1, 0.15) is 5.75 Å². The van der Waals surface area contributed by atoms with Crippen LogP contribution in [0.5, 0.6) is 5.75 Å². The molecule has 1 aromatic carbocycles. The number of benzene rings is 1. The first-order valence-electron chi connectivity index (χ1n) is 5.84. The molecule has 0 N–H and O–H groups in total. The third-order valence-electron chi connectivity index (χ3n) is 3.21. The normalized spacial score (nSPS) is 19.1. The van der Waals surface area contributed by atoms with Gasteiger partial charge in [-0.25, -0.2) is 0 Å². The second kappa shape index (κ2) is 5.04. The van der Waals surface area contributed by atoms with Crippen LogP contribution in [0.1, 0.15) is 24.4 Å². The van der Waals surface area contributed by atoms with E-state index in [4.69, 9.17) is 4.74 Å². The molecule has 0 spiro atoms. The number of nitrogens with zero attached hydrogens (tertiary/aromatic N) is 1. The molecule has 2 rings (SSSR count). The van der Waals surface area contributed by atoms with Crippen LogP contribution in [0.25, 0.3) is 0 Å². The molecular formula is C14H17NO2. The summed E-state index contributed by atoms with van der Waals surface area (Å²) in [6.07, 6.45) is 3.40. The second-order valence-electron chi connectivity index (χ2n) is 4.14. The fourth-order valence-electron chi connectivity index (χ4n) is 2.41. The van der Waals surface area contributed by atoms with E-state index in [1.165, 1.54) is 6.08 Å². The first-order chi connectivity index (χ1) is 8.27. The Kier molecular flexibility index (Phi) is 3.47. The predicted octanol–water partition coefficient (Wildman–Crippen LogP) is 2.54. The first kappa shape index (κ1) is 11.7. The van der Waals surface area contributed by atoms with Crippen LogP contribution in [0.2, 0.25) is 0 Å². The fourth-order valence-corrected chi connectivity index (χ4v) is 2.41. The molecule has 0 bridgehead atoms. The molecule has 1 aliphatic heterocycles. The predicted molar refractivity (Wildman–Crippen MR) is 66.9 cm³/mol. The van der Waals surface area contributed by atoms with Gasteiger partial charge in [0, 0.05) is 12.1 Å². The van der Waals surface area contributed by atoms with E-state index in [1.54, 1.807) is 7.11 Å². The van der Waals surface area contributed by atoms with E-state index in [1.807, 2.05) is 29.2 Å². The van der Waals surface area contributed by atoms with Crippen molar-refractivity contribution in [2.75, 3.05) is 13.7 Å². The molecule has 90 valence electrons. The van der Waals surface area contributed by atoms with Crippen LogP contribution in [0.3, 0.4) is 0 Å². The maximum Gasteiger partial charge on any atom is 0.246 e. The lowest BCUT2D eigenvalue weighted by atomic mass is 10.0. The quantitative estimate of drug-likeness (QED) is 0.748. The summed E-state index contributed by atoms with van der Waals surface area (Å²) < 4.78 is 5.36. The number of likely N-dealkylation sites (tertiary alicyclic amines) is 1. The van der Waals surface area contributed by atoms with Crippen molar-refractivity contribution < 1.29 is 9.53 Å². The summed E-state index contributed by atoms with van der Waals surface area (Å²) in [7, 11) is 1.66. The third-order valence-corrected chi connectivity index (χ3v) is 3.21. The van der Waals surface area contributed by atoms with Crippen molar-refractivity contribution in [2.45, 2.75) is 18.9 Å². The number of hydrogen-bond donors (Lipinski definition) is 0. The minimum absolute atomic E-state index is 0.00148. The molecule has 1 fully saturated rings. The van der Waals surface area contributed by atoms with Crippen molar-refractivity contribution in [1.82, 2.24) is 4.90 Å². The summed E-state index contributed by atoms with van der Waals surface area (Å²) >= 11 is 0. The standard InChI is InChI=1S/C14H17NO2/c1-3-14(16)15-10-6-8-12(15)11-7-4-5-9-13(11)17-2/h3-5,7,9,12H,1,6,8,10H2,2H3. The summed E-state index contributed by atoms with van der Waals surface area (Å²) in [5.74, 6) is 0.847. The van der Waals surface area contributed by atoms with Crippen LogP contribution in [0, 0.1) is 0 Å². The zero-order chi connectivity index (χ0) is 12.3. The average Bonchev–Trinajstić information content (AvgIpc) is 2.86. The molecular weight excluding hydrogens is 214 g/mol. The van der Waals surface area contributed by atoms with E-state index in [0.717, 1.165) is 30.7 Å². The van der Waals surface area contributed by atoms with Crippen LogP contribution in [0.15, 0.2) is 36.9 Å². The molecule has 1 saturated heterocycles. The zero-order valence-electron chi connectivity index (χ0n) is 10.1. The van der Waals surface area contributed by atoms with E-state index < -0.39 is 0 Å². The Labute approximate surface area is 102 Å². The summed E-state index contributed by atoms with van der Waals surface area (Å²) in [6.45, 7) is 4.35. The fraction of sp³-hybridized carbons (Fsp3) is 0.357. The number of carbonyl (C=O) groups excluding carboxylic acids is 1. The number of para-hydroxylation sites is 1. The molecule has 1 atom stereocenters. The van der Waals surface area contributed by atoms with Gasteiger partial charge in [-0.2, -0.15) is 0 Å². The van der Waals surface area contributed by atoms with Gasteiger partial charge in [0.2, 0.25) is 5.91 Å². The van der Waals surface area contributed by atoms with Crippen LogP contribution in [0.4, 0.5) is 0 Å². The summed E-state index contributed by atoms with van der Waals surface area (Å²) in [4.78, 5) is 13.6. The van der Waals surface area contributed by atoms with Gasteiger partial charge in [-0.15, -0.1) is 0 Å². The number of hydrogen-bond acceptors (Lipinski definition) is 2. The topological polar surface area (TPSA) is 29.5 Å². The van der Waals surface area contributed by atoms with Crippen molar-refractivity contribution in [3.63, 3.8) is 0 Å². The maximum atomic E-state index is 11.8. The van der Waals surface area contributed by atoms with Gasteiger partial charge >= 0.3 is 0 Å². The Morgan fingerprint density at radius 1 is 1.53 bits per heavy atom. The van der Waals surface area contributed by atoms with Crippen LogP contribution in [-0.4, -0.2) is 24.5 Å². The Morgan fingerprint density at radius 2 is 2.29 bits per heavy atom. The first-order valence-corrected chi connectivity index (χ1v) is 5.84. The number of rotatable bonds is 3. The van der Waals surface area contributed by atoms with Gasteiger partial charge in [0.05, 0.1) is 13.2 Å². The minimum Gasteiger partial charge on any atom is -0.496 e. The van der Waals surface area contributed by atoms with E-state index in [9.17, 15) is 4.79 Å². The number of amides is 1. The van der Waals surface area contributed by atoms with Crippen molar-refractivity contribution in [3.8, 4) is 5.75 Å². The number of methoxy groups -OCH3 is 1. The lowest BCUT2D eigenvalue weighted by Crippen LogP contribution is -2.28. The van der Waals surface area contributed by atoms with E-state index >= 15 is 0 Å².